The van der Waals surface area contributed by atoms with Crippen LogP contribution in [0.4, 0.5) is 10.7 Å². The summed E-state index contributed by atoms with van der Waals surface area (Å²) >= 11 is 1.05. The van der Waals surface area contributed by atoms with Crippen LogP contribution in [0.2, 0.25) is 0 Å². The van der Waals surface area contributed by atoms with Crippen molar-refractivity contribution in [2.24, 2.45) is 0 Å². The second kappa shape index (κ2) is 5.75. The third-order valence-corrected chi connectivity index (χ3v) is 5.12. The van der Waals surface area contributed by atoms with Crippen molar-refractivity contribution >= 4 is 31.9 Å². The molecule has 0 radical (unpaired) electrons. The highest BCUT2D eigenvalue weighted by Crippen LogP contribution is 2.38. The van der Waals surface area contributed by atoms with E-state index < -0.39 is 9.84 Å². The van der Waals surface area contributed by atoms with Gasteiger partial charge in [0.05, 0.1) is 18.4 Å². The molecule has 3 N–H and O–H groups in total. The van der Waals surface area contributed by atoms with Gasteiger partial charge in [-0.05, 0) is 12.5 Å². The maximum absolute atomic E-state index is 11.8. The lowest BCUT2D eigenvalue weighted by atomic mass is 10.4. The molecule has 0 fully saturated rings. The molecule has 0 spiro atoms. The van der Waals surface area contributed by atoms with Crippen molar-refractivity contribution in [3.63, 3.8) is 0 Å². The fourth-order valence-corrected chi connectivity index (χ4v) is 4.26. The van der Waals surface area contributed by atoms with Gasteiger partial charge in [-0.15, -0.1) is 11.3 Å². The lowest BCUT2D eigenvalue weighted by Gasteiger charge is -2.07. The topological polar surface area (TPSA) is 114 Å². The highest BCUT2D eigenvalue weighted by Gasteiger charge is 2.23. The van der Waals surface area contributed by atoms with Crippen molar-refractivity contribution in [2.45, 2.75) is 18.4 Å². The molecule has 2 aromatic heterocycles. The van der Waals surface area contributed by atoms with Crippen LogP contribution < -0.4 is 11.1 Å². The second-order valence-corrected chi connectivity index (χ2v) is 7.57. The van der Waals surface area contributed by atoms with E-state index in [1.54, 1.807) is 10.9 Å². The van der Waals surface area contributed by atoms with Gasteiger partial charge in [0.2, 0.25) is 0 Å². The second-order valence-electron chi connectivity index (χ2n) is 4.59. The summed E-state index contributed by atoms with van der Waals surface area (Å²) in [6, 6.07) is 1.91. The van der Waals surface area contributed by atoms with Crippen LogP contribution in [-0.2, 0) is 16.4 Å². The molecule has 0 atom stereocenters. The number of hydrogen-bond acceptors (Lipinski definition) is 7. The van der Waals surface area contributed by atoms with E-state index in [1.165, 1.54) is 0 Å². The first-order valence-electron chi connectivity index (χ1n) is 6.08. The standard InChI is InChI=1S/C12H15N5O2S2/c1-8-6-16-17(7-8)4-3-15-12-11(21(2,18)19)10(14)9(5-13)20-12/h6-7,15H,3-4,14H2,1-2H3. The largest absolute Gasteiger partial charge is 0.396 e. The molecule has 0 aliphatic heterocycles. The van der Waals surface area contributed by atoms with Crippen LogP contribution in [-0.4, -0.2) is 31.0 Å². The summed E-state index contributed by atoms with van der Waals surface area (Å²) in [4.78, 5) is 0.202. The van der Waals surface area contributed by atoms with E-state index >= 15 is 0 Å². The Morgan fingerprint density at radius 3 is 2.81 bits per heavy atom. The number of nitrogens with one attached hydrogen (secondary N) is 1. The molecule has 9 heteroatoms. The number of aromatic nitrogens is 2. The third-order valence-electron chi connectivity index (χ3n) is 2.76. The number of rotatable bonds is 5. The van der Waals surface area contributed by atoms with Crippen LogP contribution in [0.5, 0.6) is 0 Å². The first kappa shape index (κ1) is 15.3. The Balaban J connectivity index is 2.18. The summed E-state index contributed by atoms with van der Waals surface area (Å²) in [6.45, 7) is 3.00. The average molecular weight is 325 g/mol. The Hall–Kier alpha value is -2.05. The lowest BCUT2D eigenvalue weighted by Crippen LogP contribution is -2.12. The number of aryl methyl sites for hydroxylation is 1. The van der Waals surface area contributed by atoms with E-state index in [9.17, 15) is 8.42 Å². The molecule has 0 saturated heterocycles. The minimum atomic E-state index is -3.49. The predicted octanol–water partition coefficient (Wildman–Crippen LogP) is 1.22. The Morgan fingerprint density at radius 1 is 1.57 bits per heavy atom. The molecule has 0 unspecified atom stereocenters. The maximum atomic E-state index is 11.8. The number of nitrogens with zero attached hydrogens (tertiary/aromatic N) is 3. The number of nitrogen functional groups attached to an aromatic ring is 1. The molecular weight excluding hydrogens is 310 g/mol. The van der Waals surface area contributed by atoms with Crippen LogP contribution in [0, 0.1) is 18.3 Å². The summed E-state index contributed by atoms with van der Waals surface area (Å²) in [7, 11) is -3.49. The van der Waals surface area contributed by atoms with E-state index in [2.05, 4.69) is 10.4 Å². The van der Waals surface area contributed by atoms with Crippen molar-refractivity contribution in [1.29, 1.82) is 5.26 Å². The van der Waals surface area contributed by atoms with Gasteiger partial charge in [-0.1, -0.05) is 0 Å². The number of nitriles is 1. The molecule has 7 nitrogen and oxygen atoms in total. The molecule has 2 heterocycles. The quantitative estimate of drug-likeness (QED) is 0.854. The molecule has 0 aromatic carbocycles. The fraction of sp³-hybridized carbons (Fsp3) is 0.333. The third kappa shape index (κ3) is 3.34. The van der Waals surface area contributed by atoms with Crippen molar-refractivity contribution in [3.8, 4) is 6.07 Å². The molecule has 0 aliphatic rings. The fourth-order valence-electron chi connectivity index (χ4n) is 1.87. The number of thiophene rings is 1. The first-order chi connectivity index (χ1) is 9.82. The molecule has 112 valence electrons. The van der Waals surface area contributed by atoms with Crippen LogP contribution >= 0.6 is 11.3 Å². The Labute approximate surface area is 126 Å². The smallest absolute Gasteiger partial charge is 0.180 e. The number of sulfone groups is 1. The van der Waals surface area contributed by atoms with E-state index in [0.717, 1.165) is 23.2 Å². The zero-order valence-electron chi connectivity index (χ0n) is 11.6. The Bertz CT molecular complexity index is 798. The van der Waals surface area contributed by atoms with Gasteiger partial charge in [-0.3, -0.25) is 4.68 Å². The number of hydrogen-bond donors (Lipinski definition) is 2. The van der Waals surface area contributed by atoms with E-state index in [4.69, 9.17) is 11.0 Å². The van der Waals surface area contributed by atoms with Crippen molar-refractivity contribution in [2.75, 3.05) is 23.9 Å². The average Bonchev–Trinajstić information content (AvgIpc) is 2.92. The molecule has 21 heavy (non-hydrogen) atoms. The van der Waals surface area contributed by atoms with Gasteiger partial charge in [0.25, 0.3) is 0 Å². The van der Waals surface area contributed by atoms with Gasteiger partial charge in [-0.2, -0.15) is 10.4 Å². The maximum Gasteiger partial charge on any atom is 0.180 e. The van der Waals surface area contributed by atoms with E-state index in [-0.39, 0.29) is 15.5 Å². The van der Waals surface area contributed by atoms with Crippen LogP contribution in [0.1, 0.15) is 10.4 Å². The summed E-state index contributed by atoms with van der Waals surface area (Å²) in [5, 5.41) is 16.5. The molecule has 2 rings (SSSR count). The van der Waals surface area contributed by atoms with Gasteiger partial charge in [-0.25, -0.2) is 8.42 Å². The molecule has 2 aromatic rings. The van der Waals surface area contributed by atoms with Gasteiger partial charge >= 0.3 is 0 Å². The summed E-state index contributed by atoms with van der Waals surface area (Å²) < 4.78 is 25.4. The predicted molar refractivity (Wildman–Crippen MR) is 82.0 cm³/mol. The first-order valence-corrected chi connectivity index (χ1v) is 8.79. The summed E-state index contributed by atoms with van der Waals surface area (Å²) in [5.41, 5.74) is 6.81. The van der Waals surface area contributed by atoms with E-state index in [0.29, 0.717) is 18.1 Å². The number of anilines is 2. The zero-order valence-corrected chi connectivity index (χ0v) is 13.3. The number of nitrogens with two attached hydrogens (primary N) is 1. The van der Waals surface area contributed by atoms with Crippen molar-refractivity contribution in [3.05, 3.63) is 22.8 Å². The lowest BCUT2D eigenvalue weighted by molar-refractivity contribution is 0.602. The van der Waals surface area contributed by atoms with Gasteiger partial charge in [0.15, 0.2) is 9.84 Å². The van der Waals surface area contributed by atoms with Crippen LogP contribution in [0.3, 0.4) is 0 Å². The molecule has 0 aliphatic carbocycles. The van der Waals surface area contributed by atoms with E-state index in [1.807, 2.05) is 19.2 Å². The highest BCUT2D eigenvalue weighted by molar-refractivity contribution is 7.91. The summed E-state index contributed by atoms with van der Waals surface area (Å²) in [6.07, 6.45) is 4.72. The van der Waals surface area contributed by atoms with Crippen molar-refractivity contribution < 1.29 is 8.42 Å². The Morgan fingerprint density at radius 2 is 2.29 bits per heavy atom. The normalized spacial score (nSPS) is 11.3. The SMILES string of the molecule is Cc1cnn(CCNc2sc(C#N)c(N)c2S(C)(=O)=O)c1. The minimum Gasteiger partial charge on any atom is -0.396 e. The van der Waals surface area contributed by atoms with Crippen LogP contribution in [0.25, 0.3) is 0 Å². The monoisotopic (exact) mass is 325 g/mol. The van der Waals surface area contributed by atoms with Gasteiger partial charge in [0, 0.05) is 19.0 Å². The molecule has 0 saturated carbocycles. The summed E-state index contributed by atoms with van der Waals surface area (Å²) in [5.74, 6) is 0. The minimum absolute atomic E-state index is 0.000644. The van der Waals surface area contributed by atoms with Gasteiger partial charge < -0.3 is 11.1 Å². The highest BCUT2D eigenvalue weighted by atomic mass is 32.2. The molecular formula is C12H15N5O2S2. The van der Waals surface area contributed by atoms with Crippen molar-refractivity contribution in [1.82, 2.24) is 9.78 Å². The molecule has 0 bridgehead atoms. The van der Waals surface area contributed by atoms with Gasteiger partial charge in [0.1, 0.15) is 20.8 Å². The van der Waals surface area contributed by atoms with Crippen LogP contribution in [0.15, 0.2) is 17.3 Å². The zero-order chi connectivity index (χ0) is 15.6. The molecule has 0 amide bonds. The Kier molecular flexibility index (Phi) is 4.20.